The lowest BCUT2D eigenvalue weighted by Crippen LogP contribution is -2.28. The van der Waals surface area contributed by atoms with Gasteiger partial charge in [0.1, 0.15) is 0 Å². The van der Waals surface area contributed by atoms with E-state index < -0.39 is 0 Å². The minimum Gasteiger partial charge on any atom is -0.327 e. The molecule has 1 fully saturated rings. The maximum atomic E-state index is 6.05. The summed E-state index contributed by atoms with van der Waals surface area (Å²) in [5.41, 5.74) is 7.64. The van der Waals surface area contributed by atoms with E-state index in [0.717, 1.165) is 6.42 Å². The SMILES string of the molecule is CC(C)C(N)Cc1csc(C2(C)CC2)n1. The summed E-state index contributed by atoms with van der Waals surface area (Å²) in [6.45, 7) is 6.64. The van der Waals surface area contributed by atoms with E-state index in [2.05, 4.69) is 26.2 Å². The predicted octanol–water partition coefficient (Wildman–Crippen LogP) is 2.72. The first-order chi connectivity index (χ1) is 7.01. The first-order valence-corrected chi connectivity index (χ1v) is 6.60. The molecule has 0 amide bonds. The molecule has 2 rings (SSSR count). The maximum Gasteiger partial charge on any atom is 0.0987 e. The second-order valence-corrected chi connectivity index (χ2v) is 6.17. The number of aromatic nitrogens is 1. The molecular weight excluding hydrogens is 204 g/mol. The molecule has 1 unspecified atom stereocenters. The highest BCUT2D eigenvalue weighted by molar-refractivity contribution is 7.09. The summed E-state index contributed by atoms with van der Waals surface area (Å²) >= 11 is 1.81. The van der Waals surface area contributed by atoms with Crippen LogP contribution in [-0.2, 0) is 11.8 Å². The van der Waals surface area contributed by atoms with E-state index in [0.29, 0.717) is 11.3 Å². The summed E-state index contributed by atoms with van der Waals surface area (Å²) in [7, 11) is 0. The summed E-state index contributed by atoms with van der Waals surface area (Å²) in [6, 6.07) is 0.243. The van der Waals surface area contributed by atoms with E-state index >= 15 is 0 Å². The fraction of sp³-hybridized carbons (Fsp3) is 0.750. The molecule has 0 aliphatic heterocycles. The average Bonchev–Trinajstić information content (AvgIpc) is 2.76. The van der Waals surface area contributed by atoms with Gasteiger partial charge in [0, 0.05) is 23.3 Å². The largest absolute Gasteiger partial charge is 0.327 e. The Balaban J connectivity index is 2.01. The van der Waals surface area contributed by atoms with Crippen molar-refractivity contribution in [2.75, 3.05) is 0 Å². The Labute approximate surface area is 95.9 Å². The smallest absolute Gasteiger partial charge is 0.0987 e. The molecule has 3 heteroatoms. The molecular formula is C12H20N2S. The van der Waals surface area contributed by atoms with Gasteiger partial charge in [-0.1, -0.05) is 20.8 Å². The van der Waals surface area contributed by atoms with Crippen molar-refractivity contribution in [3.05, 3.63) is 16.1 Å². The highest BCUT2D eigenvalue weighted by atomic mass is 32.1. The van der Waals surface area contributed by atoms with Gasteiger partial charge in [0.05, 0.1) is 10.7 Å². The van der Waals surface area contributed by atoms with Crippen molar-refractivity contribution in [1.29, 1.82) is 0 Å². The van der Waals surface area contributed by atoms with E-state index in [9.17, 15) is 0 Å². The number of rotatable bonds is 4. The highest BCUT2D eigenvalue weighted by Gasteiger charge is 2.41. The van der Waals surface area contributed by atoms with Gasteiger partial charge in [-0.3, -0.25) is 0 Å². The van der Waals surface area contributed by atoms with Crippen LogP contribution in [0.25, 0.3) is 0 Å². The van der Waals surface area contributed by atoms with Gasteiger partial charge in [0.2, 0.25) is 0 Å². The van der Waals surface area contributed by atoms with Crippen molar-refractivity contribution in [2.24, 2.45) is 11.7 Å². The van der Waals surface area contributed by atoms with Gasteiger partial charge in [0.15, 0.2) is 0 Å². The molecule has 1 heterocycles. The zero-order valence-corrected chi connectivity index (χ0v) is 10.6. The first kappa shape index (κ1) is 11.1. The fourth-order valence-electron chi connectivity index (χ4n) is 1.56. The Morgan fingerprint density at radius 1 is 1.53 bits per heavy atom. The summed E-state index contributed by atoms with van der Waals surface area (Å²) in [5.74, 6) is 0.534. The molecule has 1 aromatic heterocycles. The molecule has 1 aromatic rings. The Morgan fingerprint density at radius 2 is 2.20 bits per heavy atom. The molecule has 2 nitrogen and oxygen atoms in total. The van der Waals surface area contributed by atoms with Crippen LogP contribution >= 0.6 is 11.3 Å². The monoisotopic (exact) mass is 224 g/mol. The Bertz CT molecular complexity index is 339. The Morgan fingerprint density at radius 3 is 2.73 bits per heavy atom. The van der Waals surface area contributed by atoms with Gasteiger partial charge >= 0.3 is 0 Å². The van der Waals surface area contributed by atoms with Gasteiger partial charge in [0.25, 0.3) is 0 Å². The van der Waals surface area contributed by atoms with Crippen LogP contribution in [0.4, 0.5) is 0 Å². The molecule has 1 saturated carbocycles. The van der Waals surface area contributed by atoms with Gasteiger partial charge in [-0.15, -0.1) is 11.3 Å². The topological polar surface area (TPSA) is 38.9 Å². The van der Waals surface area contributed by atoms with E-state index in [1.165, 1.54) is 23.5 Å². The van der Waals surface area contributed by atoms with Crippen molar-refractivity contribution >= 4 is 11.3 Å². The molecule has 1 atom stereocenters. The summed E-state index contributed by atoms with van der Waals surface area (Å²) in [6.07, 6.45) is 3.52. The van der Waals surface area contributed by atoms with Crippen LogP contribution in [-0.4, -0.2) is 11.0 Å². The van der Waals surface area contributed by atoms with Crippen LogP contribution in [0.2, 0.25) is 0 Å². The molecule has 15 heavy (non-hydrogen) atoms. The lowest BCUT2D eigenvalue weighted by molar-refractivity contribution is 0.486. The lowest BCUT2D eigenvalue weighted by atomic mass is 10.0. The molecule has 2 N–H and O–H groups in total. The van der Waals surface area contributed by atoms with Gasteiger partial charge < -0.3 is 5.73 Å². The molecule has 0 radical (unpaired) electrons. The zero-order chi connectivity index (χ0) is 11.1. The van der Waals surface area contributed by atoms with Crippen molar-refractivity contribution in [2.45, 2.75) is 51.5 Å². The first-order valence-electron chi connectivity index (χ1n) is 5.72. The Hall–Kier alpha value is -0.410. The average molecular weight is 224 g/mol. The van der Waals surface area contributed by atoms with Gasteiger partial charge in [-0.2, -0.15) is 0 Å². The molecule has 1 aliphatic carbocycles. The van der Waals surface area contributed by atoms with E-state index in [1.807, 2.05) is 0 Å². The molecule has 0 bridgehead atoms. The van der Waals surface area contributed by atoms with Gasteiger partial charge in [-0.05, 0) is 18.8 Å². The van der Waals surface area contributed by atoms with E-state index in [4.69, 9.17) is 10.7 Å². The third-order valence-corrected chi connectivity index (χ3v) is 4.57. The second-order valence-electron chi connectivity index (χ2n) is 5.32. The van der Waals surface area contributed by atoms with E-state index in [1.54, 1.807) is 11.3 Å². The van der Waals surface area contributed by atoms with Crippen molar-refractivity contribution < 1.29 is 0 Å². The number of nitrogens with zero attached hydrogens (tertiary/aromatic N) is 1. The normalized spacial score (nSPS) is 20.6. The van der Waals surface area contributed by atoms with Gasteiger partial charge in [-0.25, -0.2) is 4.98 Å². The van der Waals surface area contributed by atoms with Crippen LogP contribution < -0.4 is 5.73 Å². The summed E-state index contributed by atoms with van der Waals surface area (Å²) < 4.78 is 0. The van der Waals surface area contributed by atoms with Crippen LogP contribution in [0, 0.1) is 5.92 Å². The number of hydrogen-bond acceptors (Lipinski definition) is 3. The minimum absolute atomic E-state index is 0.243. The van der Waals surface area contributed by atoms with Crippen molar-refractivity contribution in [3.8, 4) is 0 Å². The predicted molar refractivity (Wildman–Crippen MR) is 65.2 cm³/mol. The molecule has 0 spiro atoms. The maximum absolute atomic E-state index is 6.05. The zero-order valence-electron chi connectivity index (χ0n) is 9.79. The van der Waals surface area contributed by atoms with Crippen LogP contribution in [0.15, 0.2) is 5.38 Å². The quantitative estimate of drug-likeness (QED) is 0.854. The minimum atomic E-state index is 0.243. The third kappa shape index (κ3) is 2.40. The number of thiazole rings is 1. The Kier molecular flexibility index (Phi) is 2.86. The molecule has 0 saturated heterocycles. The van der Waals surface area contributed by atoms with Crippen LogP contribution in [0.5, 0.6) is 0 Å². The number of hydrogen-bond donors (Lipinski definition) is 1. The lowest BCUT2D eigenvalue weighted by Gasteiger charge is -2.13. The highest BCUT2D eigenvalue weighted by Crippen LogP contribution is 2.48. The second kappa shape index (κ2) is 3.87. The number of nitrogens with two attached hydrogens (primary N) is 1. The summed E-state index contributed by atoms with van der Waals surface area (Å²) in [5, 5.41) is 3.50. The third-order valence-electron chi connectivity index (χ3n) is 3.37. The standard InChI is InChI=1S/C12H20N2S/c1-8(2)10(13)6-9-7-15-11(14-9)12(3)4-5-12/h7-8,10H,4-6,13H2,1-3H3. The van der Waals surface area contributed by atoms with Crippen LogP contribution in [0.3, 0.4) is 0 Å². The van der Waals surface area contributed by atoms with E-state index in [-0.39, 0.29) is 6.04 Å². The summed E-state index contributed by atoms with van der Waals surface area (Å²) in [4.78, 5) is 4.70. The fourth-order valence-corrected chi connectivity index (χ4v) is 2.61. The van der Waals surface area contributed by atoms with Crippen molar-refractivity contribution in [1.82, 2.24) is 4.98 Å². The molecule has 0 aromatic carbocycles. The van der Waals surface area contributed by atoms with Crippen LogP contribution in [0.1, 0.15) is 44.3 Å². The molecule has 1 aliphatic rings. The van der Waals surface area contributed by atoms with Crippen molar-refractivity contribution in [3.63, 3.8) is 0 Å². The molecule has 84 valence electrons.